The first-order chi connectivity index (χ1) is 8.45. The third-order valence-electron chi connectivity index (χ3n) is 2.38. The van der Waals surface area contributed by atoms with Gasteiger partial charge in [-0.3, -0.25) is 10.1 Å². The highest BCUT2D eigenvalue weighted by Crippen LogP contribution is 2.31. The number of methoxy groups -OCH3 is 1. The van der Waals surface area contributed by atoms with E-state index in [1.807, 2.05) is 6.92 Å². The smallest absolute Gasteiger partial charge is 0.295 e. The summed E-state index contributed by atoms with van der Waals surface area (Å²) in [6.07, 6.45) is 0.650. The van der Waals surface area contributed by atoms with Crippen molar-refractivity contribution < 1.29 is 14.1 Å². The molecule has 1 aromatic rings. The van der Waals surface area contributed by atoms with Gasteiger partial charge in [-0.15, -0.1) is 0 Å². The molecule has 0 fully saturated rings. The predicted octanol–water partition coefficient (Wildman–Crippen LogP) is 1.89. The lowest BCUT2D eigenvalue weighted by Gasteiger charge is -2.10. The first-order valence-electron chi connectivity index (χ1n) is 5.47. The van der Waals surface area contributed by atoms with E-state index in [0.29, 0.717) is 13.0 Å². The first-order valence-corrected chi connectivity index (χ1v) is 5.47. The van der Waals surface area contributed by atoms with Crippen molar-refractivity contribution in [1.29, 1.82) is 0 Å². The minimum Gasteiger partial charge on any atom is -0.494 e. The van der Waals surface area contributed by atoms with Gasteiger partial charge in [0.1, 0.15) is 5.69 Å². The number of ether oxygens (including phenoxy) is 1. The Morgan fingerprint density at radius 1 is 1.61 bits per heavy atom. The Balaban J connectivity index is 2.95. The molecule has 0 radical (unpaired) electrons. The van der Waals surface area contributed by atoms with Crippen LogP contribution in [0.25, 0.3) is 0 Å². The molecule has 0 heterocycles. The second kappa shape index (κ2) is 6.15. The number of nitrogens with one attached hydrogen (secondary N) is 1. The number of rotatable bonds is 6. The molecule has 6 nitrogen and oxygen atoms in total. The van der Waals surface area contributed by atoms with E-state index >= 15 is 0 Å². The molecular formula is C11H16FN3O3. The molecule has 0 saturated heterocycles. The third-order valence-corrected chi connectivity index (χ3v) is 2.38. The van der Waals surface area contributed by atoms with Crippen LogP contribution in [0.5, 0.6) is 5.75 Å². The van der Waals surface area contributed by atoms with Crippen molar-refractivity contribution in [3.8, 4) is 5.75 Å². The van der Waals surface area contributed by atoms with Crippen molar-refractivity contribution in [2.24, 2.45) is 5.73 Å². The zero-order valence-electron chi connectivity index (χ0n) is 10.3. The molecule has 7 heteroatoms. The Morgan fingerprint density at radius 2 is 2.28 bits per heavy atom. The second-order valence-corrected chi connectivity index (χ2v) is 3.95. The van der Waals surface area contributed by atoms with Gasteiger partial charge in [0.2, 0.25) is 0 Å². The number of nitrogens with two attached hydrogens (primary N) is 1. The largest absolute Gasteiger partial charge is 0.494 e. The molecule has 0 aliphatic rings. The summed E-state index contributed by atoms with van der Waals surface area (Å²) in [6, 6.07) is 2.10. The lowest BCUT2D eigenvalue weighted by molar-refractivity contribution is -0.384. The van der Waals surface area contributed by atoms with Gasteiger partial charge in [0.25, 0.3) is 5.69 Å². The Labute approximate surface area is 104 Å². The SMILES string of the molecule is COc1cc(NCCC(C)N)c([N+](=O)[O-])cc1F. The van der Waals surface area contributed by atoms with Crippen LogP contribution < -0.4 is 15.8 Å². The first kappa shape index (κ1) is 14.2. The van der Waals surface area contributed by atoms with Crippen LogP contribution in [0.4, 0.5) is 15.8 Å². The van der Waals surface area contributed by atoms with Gasteiger partial charge in [-0.05, 0) is 13.3 Å². The van der Waals surface area contributed by atoms with Gasteiger partial charge in [-0.2, -0.15) is 0 Å². The summed E-state index contributed by atoms with van der Waals surface area (Å²) >= 11 is 0. The fourth-order valence-electron chi connectivity index (χ4n) is 1.43. The van der Waals surface area contributed by atoms with Crippen molar-refractivity contribution in [2.75, 3.05) is 19.0 Å². The molecular weight excluding hydrogens is 241 g/mol. The van der Waals surface area contributed by atoms with Gasteiger partial charge in [0, 0.05) is 18.7 Å². The highest BCUT2D eigenvalue weighted by Gasteiger charge is 2.18. The molecule has 0 aromatic heterocycles. The molecule has 1 rings (SSSR count). The van der Waals surface area contributed by atoms with E-state index in [2.05, 4.69) is 5.32 Å². The molecule has 1 atom stereocenters. The summed E-state index contributed by atoms with van der Waals surface area (Å²) in [7, 11) is 1.30. The van der Waals surface area contributed by atoms with Crippen LogP contribution in [0.1, 0.15) is 13.3 Å². The molecule has 0 saturated carbocycles. The molecule has 1 unspecified atom stereocenters. The number of hydrogen-bond donors (Lipinski definition) is 2. The van der Waals surface area contributed by atoms with E-state index in [-0.39, 0.29) is 23.2 Å². The van der Waals surface area contributed by atoms with Crippen LogP contribution in [-0.2, 0) is 0 Å². The third kappa shape index (κ3) is 3.56. The maximum absolute atomic E-state index is 13.4. The summed E-state index contributed by atoms with van der Waals surface area (Å²) in [5, 5.41) is 13.7. The van der Waals surface area contributed by atoms with Crippen LogP contribution in [0, 0.1) is 15.9 Å². The number of nitro benzene ring substituents is 1. The number of halogens is 1. The Bertz CT molecular complexity index is 438. The minimum atomic E-state index is -0.762. The number of hydrogen-bond acceptors (Lipinski definition) is 5. The lowest BCUT2D eigenvalue weighted by Crippen LogP contribution is -2.19. The van der Waals surface area contributed by atoms with Crippen molar-refractivity contribution in [1.82, 2.24) is 0 Å². The van der Waals surface area contributed by atoms with Crippen LogP contribution in [-0.4, -0.2) is 24.6 Å². The zero-order chi connectivity index (χ0) is 13.7. The average molecular weight is 257 g/mol. The topological polar surface area (TPSA) is 90.4 Å². The summed E-state index contributed by atoms with van der Waals surface area (Å²) in [4.78, 5) is 10.2. The van der Waals surface area contributed by atoms with Crippen LogP contribution in [0.2, 0.25) is 0 Å². The Hall–Kier alpha value is -1.89. The van der Waals surface area contributed by atoms with E-state index in [9.17, 15) is 14.5 Å². The number of nitro groups is 1. The fourth-order valence-corrected chi connectivity index (χ4v) is 1.43. The van der Waals surface area contributed by atoms with E-state index in [1.54, 1.807) is 0 Å². The van der Waals surface area contributed by atoms with E-state index in [1.165, 1.54) is 13.2 Å². The van der Waals surface area contributed by atoms with Gasteiger partial charge in [0.05, 0.1) is 18.1 Å². The molecule has 0 amide bonds. The quantitative estimate of drug-likeness (QED) is 0.600. The number of anilines is 1. The van der Waals surface area contributed by atoms with E-state index < -0.39 is 10.7 Å². The summed E-state index contributed by atoms with van der Waals surface area (Å²) in [5.74, 6) is -0.800. The van der Waals surface area contributed by atoms with Crippen LogP contribution in [0.3, 0.4) is 0 Å². The summed E-state index contributed by atoms with van der Waals surface area (Å²) in [6.45, 7) is 2.30. The zero-order valence-corrected chi connectivity index (χ0v) is 10.3. The van der Waals surface area contributed by atoms with Crippen molar-refractivity contribution >= 4 is 11.4 Å². The highest BCUT2D eigenvalue weighted by atomic mass is 19.1. The highest BCUT2D eigenvalue weighted by molar-refractivity contribution is 5.64. The van der Waals surface area contributed by atoms with Crippen molar-refractivity contribution in [3.05, 3.63) is 28.1 Å². The fraction of sp³-hybridized carbons (Fsp3) is 0.455. The van der Waals surface area contributed by atoms with E-state index in [0.717, 1.165) is 6.07 Å². The molecule has 3 N–H and O–H groups in total. The maximum atomic E-state index is 13.4. The van der Waals surface area contributed by atoms with Gasteiger partial charge in [-0.1, -0.05) is 0 Å². The van der Waals surface area contributed by atoms with Gasteiger partial charge in [0.15, 0.2) is 11.6 Å². The molecule has 0 aliphatic heterocycles. The standard InChI is InChI=1S/C11H16FN3O3/c1-7(13)3-4-14-9-6-11(18-2)8(12)5-10(9)15(16)17/h5-7,14H,3-4,13H2,1-2H3. The molecule has 100 valence electrons. The van der Waals surface area contributed by atoms with Crippen molar-refractivity contribution in [3.63, 3.8) is 0 Å². The molecule has 1 aromatic carbocycles. The maximum Gasteiger partial charge on any atom is 0.295 e. The van der Waals surface area contributed by atoms with Gasteiger partial charge in [-0.25, -0.2) is 4.39 Å². The van der Waals surface area contributed by atoms with Gasteiger partial charge >= 0.3 is 0 Å². The molecule has 0 bridgehead atoms. The van der Waals surface area contributed by atoms with Gasteiger partial charge < -0.3 is 15.8 Å². The number of nitrogens with zero attached hydrogens (tertiary/aromatic N) is 1. The Morgan fingerprint density at radius 3 is 2.78 bits per heavy atom. The summed E-state index contributed by atoms with van der Waals surface area (Å²) < 4.78 is 18.1. The Kier molecular flexibility index (Phi) is 4.85. The lowest BCUT2D eigenvalue weighted by atomic mass is 10.2. The number of benzene rings is 1. The van der Waals surface area contributed by atoms with Crippen molar-refractivity contribution in [2.45, 2.75) is 19.4 Å². The van der Waals surface area contributed by atoms with E-state index in [4.69, 9.17) is 10.5 Å². The summed E-state index contributed by atoms with van der Waals surface area (Å²) in [5.41, 5.74) is 5.48. The monoisotopic (exact) mass is 257 g/mol. The second-order valence-electron chi connectivity index (χ2n) is 3.95. The molecule has 18 heavy (non-hydrogen) atoms. The molecule has 0 spiro atoms. The predicted molar refractivity (Wildman–Crippen MR) is 66.4 cm³/mol. The average Bonchev–Trinajstić information content (AvgIpc) is 2.29. The minimum absolute atomic E-state index is 0.0149. The van der Waals surface area contributed by atoms with Crippen LogP contribution >= 0.6 is 0 Å². The molecule has 0 aliphatic carbocycles. The van der Waals surface area contributed by atoms with Crippen LogP contribution in [0.15, 0.2) is 12.1 Å². The normalized spacial score (nSPS) is 12.0.